The summed E-state index contributed by atoms with van der Waals surface area (Å²) in [5.74, 6) is 1.17. The Balaban J connectivity index is 1.72. The number of hydrogen-bond acceptors (Lipinski definition) is 4. The molecule has 4 rings (SSSR count). The minimum absolute atomic E-state index is 0.485. The Hall–Kier alpha value is -1.59. The predicted octanol–water partition coefficient (Wildman–Crippen LogP) is 2.18. The number of aryl methyl sites for hydroxylation is 1. The molecule has 0 saturated carbocycles. The molecule has 0 spiro atoms. The maximum atomic E-state index is 4.88. The quantitative estimate of drug-likeness (QED) is 0.922. The third-order valence-electron chi connectivity index (χ3n) is 5.42. The topological polar surface area (TPSA) is 36.3 Å². The van der Waals surface area contributed by atoms with E-state index in [2.05, 4.69) is 53.4 Å². The molecule has 2 aliphatic heterocycles. The molecule has 23 heavy (non-hydrogen) atoms. The first-order valence-electron chi connectivity index (χ1n) is 8.90. The second-order valence-electron chi connectivity index (χ2n) is 6.93. The second kappa shape index (κ2) is 6.13. The highest BCUT2D eigenvalue weighted by atomic mass is 15.4. The summed E-state index contributed by atoms with van der Waals surface area (Å²) in [5.41, 5.74) is 1.22. The van der Waals surface area contributed by atoms with E-state index in [9.17, 15) is 0 Å². The molecule has 2 fully saturated rings. The fraction of sp³-hybridized carbons (Fsp3) is 0.611. The Kier molecular flexibility index (Phi) is 3.99. The van der Waals surface area contributed by atoms with Crippen LogP contribution in [0.2, 0.25) is 0 Å². The highest BCUT2D eigenvalue weighted by molar-refractivity contribution is 5.90. The number of benzene rings is 1. The molecule has 124 valence electrons. The van der Waals surface area contributed by atoms with Crippen LogP contribution in [0, 0.1) is 0 Å². The van der Waals surface area contributed by atoms with Crippen LogP contribution in [0.4, 0.5) is 5.82 Å². The number of anilines is 1. The van der Waals surface area contributed by atoms with E-state index in [1.165, 1.54) is 36.0 Å². The van der Waals surface area contributed by atoms with E-state index in [1.807, 2.05) is 4.68 Å². The summed E-state index contributed by atoms with van der Waals surface area (Å²) < 4.78 is 2.03. The number of hydrogen-bond donors (Lipinski definition) is 1. The molecular weight excluding hydrogens is 286 g/mol. The molecule has 2 aliphatic rings. The van der Waals surface area contributed by atoms with Crippen LogP contribution in [0.3, 0.4) is 0 Å². The van der Waals surface area contributed by atoms with Gasteiger partial charge in [-0.1, -0.05) is 12.1 Å². The highest BCUT2D eigenvalue weighted by Crippen LogP contribution is 2.32. The maximum absolute atomic E-state index is 4.88. The number of aromatic nitrogens is 2. The number of rotatable bonds is 2. The molecule has 0 radical (unpaired) electrons. The van der Waals surface area contributed by atoms with E-state index in [-0.39, 0.29) is 0 Å². The Morgan fingerprint density at radius 1 is 1.17 bits per heavy atom. The number of para-hydroxylation sites is 1. The lowest BCUT2D eigenvalue weighted by Crippen LogP contribution is -2.60. The van der Waals surface area contributed by atoms with E-state index >= 15 is 0 Å². The van der Waals surface area contributed by atoms with Gasteiger partial charge in [-0.05, 0) is 38.3 Å². The van der Waals surface area contributed by atoms with Crippen molar-refractivity contribution in [2.75, 3.05) is 31.1 Å². The molecule has 2 atom stereocenters. The smallest absolute Gasteiger partial charge is 0.159 e. The van der Waals surface area contributed by atoms with Gasteiger partial charge in [-0.15, -0.1) is 0 Å². The molecule has 1 aromatic heterocycles. The largest absolute Gasteiger partial charge is 0.339 e. The summed E-state index contributed by atoms with van der Waals surface area (Å²) in [7, 11) is 2.05. The van der Waals surface area contributed by atoms with Crippen molar-refractivity contribution in [3.63, 3.8) is 0 Å². The van der Waals surface area contributed by atoms with Gasteiger partial charge in [-0.3, -0.25) is 9.58 Å². The summed E-state index contributed by atoms with van der Waals surface area (Å²) in [6.45, 7) is 6.77. The number of nitrogens with zero attached hydrogens (tertiary/aromatic N) is 4. The van der Waals surface area contributed by atoms with Crippen molar-refractivity contribution < 1.29 is 0 Å². The molecule has 1 aromatic carbocycles. The van der Waals surface area contributed by atoms with Gasteiger partial charge in [0.1, 0.15) is 0 Å². The van der Waals surface area contributed by atoms with Gasteiger partial charge in [-0.2, -0.15) is 5.10 Å². The van der Waals surface area contributed by atoms with Crippen molar-refractivity contribution in [2.45, 2.75) is 38.4 Å². The van der Waals surface area contributed by atoms with Gasteiger partial charge in [-0.25, -0.2) is 0 Å². The van der Waals surface area contributed by atoms with E-state index < -0.39 is 0 Å². The first-order chi connectivity index (χ1) is 11.3. The summed E-state index contributed by atoms with van der Waals surface area (Å²) in [5, 5.41) is 9.68. The van der Waals surface area contributed by atoms with Crippen LogP contribution in [0.1, 0.15) is 26.2 Å². The van der Waals surface area contributed by atoms with Gasteiger partial charge in [0.15, 0.2) is 5.82 Å². The summed E-state index contributed by atoms with van der Waals surface area (Å²) in [6, 6.07) is 9.19. The van der Waals surface area contributed by atoms with Crippen molar-refractivity contribution >= 4 is 16.7 Å². The summed E-state index contributed by atoms with van der Waals surface area (Å²) >= 11 is 0. The summed E-state index contributed by atoms with van der Waals surface area (Å²) in [6.07, 6.45) is 4.32. The highest BCUT2D eigenvalue weighted by Gasteiger charge is 2.34. The molecule has 1 N–H and O–H groups in total. The van der Waals surface area contributed by atoms with Crippen LogP contribution < -0.4 is 10.2 Å². The standard InChI is InChI=1S/C18H27N5/c1-14-13-19-10-12-22(14)17-9-5-6-11-23(17)18-15-7-3-4-8-16(15)21(2)20-18/h3-4,7-8,14,17,19H,5-6,9-13H2,1-2H3. The van der Waals surface area contributed by atoms with Crippen LogP contribution in [-0.2, 0) is 7.05 Å². The first kappa shape index (κ1) is 15.0. The summed E-state index contributed by atoms with van der Waals surface area (Å²) in [4.78, 5) is 5.24. The Morgan fingerprint density at radius 3 is 2.91 bits per heavy atom. The lowest BCUT2D eigenvalue weighted by Gasteiger charge is -2.47. The van der Waals surface area contributed by atoms with E-state index in [0.29, 0.717) is 12.2 Å². The molecule has 0 bridgehead atoms. The number of piperidine rings is 1. The van der Waals surface area contributed by atoms with Crippen LogP contribution in [-0.4, -0.2) is 53.1 Å². The average molecular weight is 313 g/mol. The number of nitrogens with one attached hydrogen (secondary N) is 1. The van der Waals surface area contributed by atoms with E-state index in [1.54, 1.807) is 0 Å². The Bertz CT molecular complexity index is 679. The Morgan fingerprint density at radius 2 is 2.04 bits per heavy atom. The van der Waals surface area contributed by atoms with Crippen LogP contribution >= 0.6 is 0 Å². The minimum Gasteiger partial charge on any atom is -0.339 e. The maximum Gasteiger partial charge on any atom is 0.159 e. The Labute approximate surface area is 138 Å². The molecule has 5 nitrogen and oxygen atoms in total. The lowest BCUT2D eigenvalue weighted by molar-refractivity contribution is 0.0966. The average Bonchev–Trinajstić information content (AvgIpc) is 2.93. The zero-order valence-corrected chi connectivity index (χ0v) is 14.2. The third kappa shape index (κ3) is 2.62. The third-order valence-corrected chi connectivity index (χ3v) is 5.42. The van der Waals surface area contributed by atoms with Gasteiger partial charge >= 0.3 is 0 Å². The molecule has 0 aliphatic carbocycles. The van der Waals surface area contributed by atoms with Gasteiger partial charge in [0.25, 0.3) is 0 Å². The zero-order valence-electron chi connectivity index (χ0n) is 14.2. The van der Waals surface area contributed by atoms with E-state index in [4.69, 9.17) is 5.10 Å². The second-order valence-corrected chi connectivity index (χ2v) is 6.93. The molecule has 2 aromatic rings. The monoisotopic (exact) mass is 313 g/mol. The number of piperazine rings is 1. The predicted molar refractivity (Wildman–Crippen MR) is 94.7 cm³/mol. The fourth-order valence-corrected chi connectivity index (χ4v) is 4.21. The SMILES string of the molecule is CC1CNCCN1C1CCCCN1c1nn(C)c2ccccc12. The van der Waals surface area contributed by atoms with E-state index in [0.717, 1.165) is 26.2 Å². The van der Waals surface area contributed by atoms with Crippen molar-refractivity contribution in [3.8, 4) is 0 Å². The van der Waals surface area contributed by atoms with Gasteiger partial charge in [0.2, 0.25) is 0 Å². The van der Waals surface area contributed by atoms with Crippen LogP contribution in [0.25, 0.3) is 10.9 Å². The molecule has 2 saturated heterocycles. The molecule has 5 heteroatoms. The fourth-order valence-electron chi connectivity index (χ4n) is 4.21. The van der Waals surface area contributed by atoms with Gasteiger partial charge in [0, 0.05) is 44.7 Å². The molecule has 3 heterocycles. The van der Waals surface area contributed by atoms with Gasteiger partial charge < -0.3 is 10.2 Å². The van der Waals surface area contributed by atoms with Crippen molar-refractivity contribution in [3.05, 3.63) is 24.3 Å². The number of fused-ring (bicyclic) bond motifs is 1. The van der Waals surface area contributed by atoms with Crippen LogP contribution in [0.15, 0.2) is 24.3 Å². The van der Waals surface area contributed by atoms with Crippen molar-refractivity contribution in [1.82, 2.24) is 20.0 Å². The first-order valence-corrected chi connectivity index (χ1v) is 8.90. The van der Waals surface area contributed by atoms with Crippen molar-refractivity contribution in [2.24, 2.45) is 7.05 Å². The van der Waals surface area contributed by atoms with Crippen LogP contribution in [0.5, 0.6) is 0 Å². The zero-order chi connectivity index (χ0) is 15.8. The lowest BCUT2D eigenvalue weighted by atomic mass is 10.0. The molecular formula is C18H27N5. The van der Waals surface area contributed by atoms with Crippen molar-refractivity contribution in [1.29, 1.82) is 0 Å². The molecule has 0 amide bonds. The van der Waals surface area contributed by atoms with Gasteiger partial charge in [0.05, 0.1) is 11.7 Å². The normalized spacial score (nSPS) is 26.8. The minimum atomic E-state index is 0.485. The molecule has 2 unspecified atom stereocenters.